The molecule has 5 heteroatoms. The molecule has 0 aromatic heterocycles. The minimum Gasteiger partial charge on any atom is -0.380 e. The molecular formula is C8H20N4O. The van der Waals surface area contributed by atoms with Gasteiger partial charge in [0.25, 0.3) is 0 Å². The maximum Gasteiger partial charge on any atom is 0.205 e. The van der Waals surface area contributed by atoms with Gasteiger partial charge in [0.1, 0.15) is 0 Å². The first-order valence-corrected chi connectivity index (χ1v) is 4.60. The number of hydrogen-bond donors (Lipinski definition) is 3. The molecule has 0 fully saturated rings. The molecule has 0 radical (unpaired) electrons. The van der Waals surface area contributed by atoms with E-state index in [0.29, 0.717) is 12.6 Å². The summed E-state index contributed by atoms with van der Waals surface area (Å²) in [6, 6.07) is 0. The zero-order valence-corrected chi connectivity index (χ0v) is 8.47. The molecule has 0 aliphatic carbocycles. The Bertz CT molecular complexity index is 138. The molecule has 0 spiro atoms. The molecule has 0 aliphatic rings. The Hall–Kier alpha value is -0.810. The van der Waals surface area contributed by atoms with Gasteiger partial charge in [0.05, 0.1) is 6.61 Å². The normalized spacial score (nSPS) is 11.5. The van der Waals surface area contributed by atoms with Crippen LogP contribution in [0.25, 0.3) is 0 Å². The van der Waals surface area contributed by atoms with E-state index in [1.54, 1.807) is 7.05 Å². The molecule has 4 N–H and O–H groups in total. The summed E-state index contributed by atoms with van der Waals surface area (Å²) in [5.41, 5.74) is 2.44. The van der Waals surface area contributed by atoms with E-state index in [4.69, 9.17) is 10.6 Å². The monoisotopic (exact) mass is 188 g/mol. The lowest BCUT2D eigenvalue weighted by atomic mass is 10.4. The van der Waals surface area contributed by atoms with Crippen molar-refractivity contribution in [2.75, 3.05) is 26.8 Å². The highest BCUT2D eigenvalue weighted by atomic mass is 16.5. The van der Waals surface area contributed by atoms with Crippen LogP contribution in [0.5, 0.6) is 0 Å². The standard InChI is InChI=1S/C8H20N4O/c1-3-4-6-13-7-5-11-8(10-2)12-9/h3-7,9H2,1-2H3,(H2,10,11,12). The van der Waals surface area contributed by atoms with Crippen molar-refractivity contribution in [2.24, 2.45) is 10.8 Å². The van der Waals surface area contributed by atoms with Gasteiger partial charge in [-0.25, -0.2) is 5.84 Å². The summed E-state index contributed by atoms with van der Waals surface area (Å²) >= 11 is 0. The predicted molar refractivity (Wildman–Crippen MR) is 54.4 cm³/mol. The molecule has 0 atom stereocenters. The van der Waals surface area contributed by atoms with Gasteiger partial charge in [-0.15, -0.1) is 0 Å². The lowest BCUT2D eigenvalue weighted by molar-refractivity contribution is 0.136. The van der Waals surface area contributed by atoms with E-state index in [9.17, 15) is 0 Å². The number of hydrogen-bond acceptors (Lipinski definition) is 3. The summed E-state index contributed by atoms with van der Waals surface area (Å²) in [7, 11) is 1.67. The molecule has 0 bridgehead atoms. The average molecular weight is 188 g/mol. The number of nitrogens with two attached hydrogens (primary N) is 1. The Balaban J connectivity index is 3.15. The largest absolute Gasteiger partial charge is 0.380 e. The summed E-state index contributed by atoms with van der Waals surface area (Å²) in [5, 5.41) is 2.98. The zero-order chi connectivity index (χ0) is 9.94. The lowest BCUT2D eigenvalue weighted by Crippen LogP contribution is -2.42. The van der Waals surface area contributed by atoms with Gasteiger partial charge < -0.3 is 10.1 Å². The fraction of sp³-hybridized carbons (Fsp3) is 0.875. The third-order valence-electron chi connectivity index (χ3n) is 1.54. The molecule has 0 amide bonds. The second-order valence-corrected chi connectivity index (χ2v) is 2.61. The smallest absolute Gasteiger partial charge is 0.205 e. The minimum absolute atomic E-state index is 0.582. The summed E-state index contributed by atoms with van der Waals surface area (Å²) < 4.78 is 5.33. The summed E-state index contributed by atoms with van der Waals surface area (Å²) in [6.07, 6.45) is 2.28. The fourth-order valence-electron chi connectivity index (χ4n) is 0.785. The van der Waals surface area contributed by atoms with Crippen LogP contribution in [0, 0.1) is 0 Å². The number of unbranched alkanes of at least 4 members (excludes halogenated alkanes) is 1. The number of nitrogens with zero attached hydrogens (tertiary/aromatic N) is 1. The van der Waals surface area contributed by atoms with Gasteiger partial charge in [-0.3, -0.25) is 10.4 Å². The number of hydrazine groups is 1. The van der Waals surface area contributed by atoms with Crippen LogP contribution in [0.15, 0.2) is 4.99 Å². The van der Waals surface area contributed by atoms with E-state index in [-0.39, 0.29) is 0 Å². The quantitative estimate of drug-likeness (QED) is 0.178. The van der Waals surface area contributed by atoms with Crippen LogP contribution in [-0.2, 0) is 4.74 Å². The first kappa shape index (κ1) is 12.2. The van der Waals surface area contributed by atoms with Crippen molar-refractivity contribution in [1.29, 1.82) is 0 Å². The van der Waals surface area contributed by atoms with Gasteiger partial charge in [-0.05, 0) is 6.42 Å². The van der Waals surface area contributed by atoms with E-state index in [1.165, 1.54) is 6.42 Å². The zero-order valence-electron chi connectivity index (χ0n) is 8.47. The number of nitrogens with one attached hydrogen (secondary N) is 2. The maximum absolute atomic E-state index is 5.33. The molecule has 0 heterocycles. The Morgan fingerprint density at radius 3 is 2.77 bits per heavy atom. The van der Waals surface area contributed by atoms with Crippen molar-refractivity contribution < 1.29 is 4.74 Å². The second-order valence-electron chi connectivity index (χ2n) is 2.61. The van der Waals surface area contributed by atoms with Crippen LogP contribution in [-0.4, -0.2) is 32.8 Å². The van der Waals surface area contributed by atoms with E-state index >= 15 is 0 Å². The molecule has 13 heavy (non-hydrogen) atoms. The first-order chi connectivity index (χ1) is 6.35. The molecular weight excluding hydrogens is 168 g/mol. The minimum atomic E-state index is 0.582. The van der Waals surface area contributed by atoms with Gasteiger partial charge in [-0.2, -0.15) is 0 Å². The molecule has 0 aromatic carbocycles. The van der Waals surface area contributed by atoms with Crippen LogP contribution in [0.4, 0.5) is 0 Å². The highest BCUT2D eigenvalue weighted by molar-refractivity contribution is 5.78. The molecule has 0 saturated heterocycles. The first-order valence-electron chi connectivity index (χ1n) is 4.60. The SMILES string of the molecule is CCCCOCCNC(=NC)NN. The summed E-state index contributed by atoms with van der Waals surface area (Å²) in [5.74, 6) is 5.74. The third-order valence-corrected chi connectivity index (χ3v) is 1.54. The molecule has 78 valence electrons. The third kappa shape index (κ3) is 7.55. The average Bonchev–Trinajstić information content (AvgIpc) is 2.17. The van der Waals surface area contributed by atoms with Crippen LogP contribution in [0.2, 0.25) is 0 Å². The van der Waals surface area contributed by atoms with Gasteiger partial charge >= 0.3 is 0 Å². The van der Waals surface area contributed by atoms with Crippen LogP contribution in [0.3, 0.4) is 0 Å². The van der Waals surface area contributed by atoms with Gasteiger partial charge in [0.2, 0.25) is 5.96 Å². The molecule has 0 aromatic rings. The molecule has 0 aliphatic heterocycles. The van der Waals surface area contributed by atoms with E-state index in [0.717, 1.165) is 19.6 Å². The summed E-state index contributed by atoms with van der Waals surface area (Å²) in [4.78, 5) is 3.85. The Morgan fingerprint density at radius 1 is 1.46 bits per heavy atom. The number of aliphatic imine (C=N–C) groups is 1. The predicted octanol–water partition coefficient (Wildman–Crippen LogP) is -0.158. The van der Waals surface area contributed by atoms with Crippen molar-refractivity contribution in [3.63, 3.8) is 0 Å². The second kappa shape index (κ2) is 9.28. The fourth-order valence-corrected chi connectivity index (χ4v) is 0.785. The summed E-state index contributed by atoms with van der Waals surface area (Å²) in [6.45, 7) is 4.37. The molecule has 0 rings (SSSR count). The van der Waals surface area contributed by atoms with Crippen LogP contribution in [0.1, 0.15) is 19.8 Å². The molecule has 0 saturated carbocycles. The van der Waals surface area contributed by atoms with Gasteiger partial charge in [0.15, 0.2) is 0 Å². The van der Waals surface area contributed by atoms with E-state index < -0.39 is 0 Å². The van der Waals surface area contributed by atoms with Crippen molar-refractivity contribution in [1.82, 2.24) is 10.7 Å². The Labute approximate surface area is 79.7 Å². The van der Waals surface area contributed by atoms with Crippen LogP contribution >= 0.6 is 0 Å². The number of ether oxygens (including phenoxy) is 1. The topological polar surface area (TPSA) is 71.7 Å². The highest BCUT2D eigenvalue weighted by Gasteiger charge is 1.92. The molecule has 5 nitrogen and oxygen atoms in total. The molecule has 0 unspecified atom stereocenters. The lowest BCUT2D eigenvalue weighted by Gasteiger charge is -2.08. The van der Waals surface area contributed by atoms with Crippen molar-refractivity contribution in [3.05, 3.63) is 0 Å². The van der Waals surface area contributed by atoms with Gasteiger partial charge in [-0.1, -0.05) is 13.3 Å². The maximum atomic E-state index is 5.33. The number of guanidine groups is 1. The van der Waals surface area contributed by atoms with Crippen LogP contribution < -0.4 is 16.6 Å². The Morgan fingerprint density at radius 2 is 2.23 bits per heavy atom. The number of rotatable bonds is 6. The van der Waals surface area contributed by atoms with E-state index in [1.807, 2.05) is 0 Å². The van der Waals surface area contributed by atoms with Crippen molar-refractivity contribution >= 4 is 5.96 Å². The Kier molecular flexibility index (Phi) is 8.70. The highest BCUT2D eigenvalue weighted by Crippen LogP contribution is 1.86. The van der Waals surface area contributed by atoms with Gasteiger partial charge in [0, 0.05) is 20.2 Å². The van der Waals surface area contributed by atoms with Crippen molar-refractivity contribution in [3.8, 4) is 0 Å². The van der Waals surface area contributed by atoms with E-state index in [2.05, 4.69) is 22.7 Å². The van der Waals surface area contributed by atoms with Crippen molar-refractivity contribution in [2.45, 2.75) is 19.8 Å².